The van der Waals surface area contributed by atoms with Crippen LogP contribution in [0.3, 0.4) is 0 Å². The first-order valence-corrected chi connectivity index (χ1v) is 11.1. The Labute approximate surface area is 189 Å². The SMILES string of the molecule is Cc1cc2nc(N3CCN(Cc4ccc(OC(F)F)cc4F)CC3)c(NC3CC3)nc2cn1. The monoisotopic (exact) mass is 458 g/mol. The lowest BCUT2D eigenvalue weighted by Crippen LogP contribution is -2.46. The van der Waals surface area contributed by atoms with Crippen LogP contribution in [0.4, 0.5) is 24.8 Å². The van der Waals surface area contributed by atoms with Gasteiger partial charge in [-0.2, -0.15) is 8.78 Å². The number of benzene rings is 1. The van der Waals surface area contributed by atoms with Crippen molar-refractivity contribution in [2.45, 2.75) is 39.0 Å². The van der Waals surface area contributed by atoms with Crippen LogP contribution in [-0.4, -0.2) is 58.7 Å². The zero-order valence-corrected chi connectivity index (χ0v) is 18.3. The van der Waals surface area contributed by atoms with Crippen LogP contribution < -0.4 is 15.0 Å². The molecule has 1 aliphatic heterocycles. The van der Waals surface area contributed by atoms with E-state index in [2.05, 4.69) is 24.8 Å². The molecule has 1 N–H and O–H groups in total. The zero-order valence-electron chi connectivity index (χ0n) is 18.3. The molecule has 7 nitrogen and oxygen atoms in total. The Hall–Kier alpha value is -3.14. The molecule has 0 bridgehead atoms. The van der Waals surface area contributed by atoms with Crippen LogP contribution >= 0.6 is 0 Å². The van der Waals surface area contributed by atoms with Gasteiger partial charge in [0, 0.05) is 56.1 Å². The van der Waals surface area contributed by atoms with Crippen molar-refractivity contribution in [2.24, 2.45) is 0 Å². The highest BCUT2D eigenvalue weighted by molar-refractivity contribution is 5.80. The molecule has 2 fully saturated rings. The van der Waals surface area contributed by atoms with Crippen molar-refractivity contribution < 1.29 is 17.9 Å². The Balaban J connectivity index is 1.29. The number of rotatable bonds is 7. The maximum Gasteiger partial charge on any atom is 0.387 e. The summed E-state index contributed by atoms with van der Waals surface area (Å²) < 4.78 is 43.3. The molecule has 33 heavy (non-hydrogen) atoms. The van der Waals surface area contributed by atoms with Crippen LogP contribution in [0.1, 0.15) is 24.1 Å². The maximum atomic E-state index is 14.4. The van der Waals surface area contributed by atoms with E-state index < -0.39 is 12.4 Å². The van der Waals surface area contributed by atoms with Gasteiger partial charge < -0.3 is 15.0 Å². The highest BCUT2D eigenvalue weighted by Crippen LogP contribution is 2.31. The Bertz CT molecular complexity index is 1150. The number of halogens is 3. The molecular weight excluding hydrogens is 433 g/mol. The number of aromatic nitrogens is 3. The van der Waals surface area contributed by atoms with E-state index >= 15 is 0 Å². The third-order valence-corrected chi connectivity index (χ3v) is 5.90. The Morgan fingerprint density at radius 2 is 1.88 bits per heavy atom. The van der Waals surface area contributed by atoms with E-state index in [9.17, 15) is 13.2 Å². The molecule has 1 saturated heterocycles. The Morgan fingerprint density at radius 3 is 2.58 bits per heavy atom. The average Bonchev–Trinajstić information content (AvgIpc) is 3.60. The summed E-state index contributed by atoms with van der Waals surface area (Å²) in [5.41, 5.74) is 2.92. The van der Waals surface area contributed by atoms with Gasteiger partial charge in [0.25, 0.3) is 0 Å². The van der Waals surface area contributed by atoms with Crippen molar-refractivity contribution >= 4 is 22.7 Å². The number of aryl methyl sites for hydroxylation is 1. The standard InChI is InChI=1S/C23H25F3N6O/c1-14-10-19-20(12-27-14)29-21(28-16-3-4-16)22(30-19)32-8-6-31(7-9-32)13-15-2-5-17(11-18(15)24)33-23(25)26/h2,5,10-12,16,23H,3-4,6-9,13H2,1H3,(H,28,29). The molecular formula is C23H25F3N6O. The van der Waals surface area contributed by atoms with Gasteiger partial charge in [-0.3, -0.25) is 9.88 Å². The largest absolute Gasteiger partial charge is 0.435 e. The summed E-state index contributed by atoms with van der Waals surface area (Å²) in [5, 5.41) is 3.49. The molecule has 0 spiro atoms. The van der Waals surface area contributed by atoms with Gasteiger partial charge in [-0.25, -0.2) is 14.4 Å². The van der Waals surface area contributed by atoms with Crippen LogP contribution in [0, 0.1) is 12.7 Å². The van der Waals surface area contributed by atoms with E-state index in [1.165, 1.54) is 12.1 Å². The summed E-state index contributed by atoms with van der Waals surface area (Å²) in [7, 11) is 0. The minimum absolute atomic E-state index is 0.174. The number of ether oxygens (including phenoxy) is 1. The fraction of sp³-hybridized carbons (Fsp3) is 0.435. The molecule has 0 unspecified atom stereocenters. The summed E-state index contributed by atoms with van der Waals surface area (Å²) in [6, 6.07) is 6.26. The quantitative estimate of drug-likeness (QED) is 0.575. The van der Waals surface area contributed by atoms with Gasteiger partial charge in [0.1, 0.15) is 17.1 Å². The number of nitrogens with one attached hydrogen (secondary N) is 1. The molecule has 1 aromatic carbocycles. The van der Waals surface area contributed by atoms with Gasteiger partial charge in [-0.05, 0) is 31.9 Å². The lowest BCUT2D eigenvalue weighted by Gasteiger charge is -2.36. The van der Waals surface area contributed by atoms with Gasteiger partial charge in [0.05, 0.1) is 11.7 Å². The highest BCUT2D eigenvalue weighted by Gasteiger charge is 2.27. The minimum atomic E-state index is -2.97. The van der Waals surface area contributed by atoms with Crippen molar-refractivity contribution in [3.63, 3.8) is 0 Å². The van der Waals surface area contributed by atoms with Crippen LogP contribution in [0.15, 0.2) is 30.5 Å². The number of alkyl halides is 2. The summed E-state index contributed by atoms with van der Waals surface area (Å²) in [5.74, 6) is 0.895. The van der Waals surface area contributed by atoms with Crippen LogP contribution in [0.2, 0.25) is 0 Å². The second-order valence-corrected chi connectivity index (χ2v) is 8.52. The first-order chi connectivity index (χ1) is 15.9. The van der Waals surface area contributed by atoms with Crippen molar-refractivity contribution in [1.82, 2.24) is 19.9 Å². The van der Waals surface area contributed by atoms with Gasteiger partial charge in [-0.1, -0.05) is 6.07 Å². The van der Waals surface area contributed by atoms with Crippen LogP contribution in [0.25, 0.3) is 11.0 Å². The minimum Gasteiger partial charge on any atom is -0.435 e. The number of pyridine rings is 1. The highest BCUT2D eigenvalue weighted by atomic mass is 19.3. The molecule has 2 aromatic heterocycles. The molecule has 0 radical (unpaired) electrons. The molecule has 2 aliphatic rings. The fourth-order valence-corrected chi connectivity index (χ4v) is 3.98. The third-order valence-electron chi connectivity index (χ3n) is 5.90. The predicted molar refractivity (Wildman–Crippen MR) is 119 cm³/mol. The lowest BCUT2D eigenvalue weighted by atomic mass is 10.1. The molecule has 5 rings (SSSR count). The smallest absolute Gasteiger partial charge is 0.387 e. The second kappa shape index (κ2) is 9.01. The number of hydrogen-bond donors (Lipinski definition) is 1. The summed E-state index contributed by atoms with van der Waals surface area (Å²) >= 11 is 0. The lowest BCUT2D eigenvalue weighted by molar-refractivity contribution is -0.0500. The predicted octanol–water partition coefficient (Wildman–Crippen LogP) is 3.97. The molecule has 0 atom stereocenters. The van der Waals surface area contributed by atoms with Crippen molar-refractivity contribution in [2.75, 3.05) is 36.4 Å². The first-order valence-electron chi connectivity index (χ1n) is 11.1. The number of fused-ring (bicyclic) bond motifs is 1. The van der Waals surface area contributed by atoms with Gasteiger partial charge >= 0.3 is 6.61 Å². The number of hydrogen-bond acceptors (Lipinski definition) is 7. The van der Waals surface area contributed by atoms with Gasteiger partial charge in [0.15, 0.2) is 11.6 Å². The van der Waals surface area contributed by atoms with Gasteiger partial charge in [-0.15, -0.1) is 0 Å². The van der Waals surface area contributed by atoms with E-state index in [-0.39, 0.29) is 5.75 Å². The number of anilines is 2. The molecule has 10 heteroatoms. The van der Waals surface area contributed by atoms with E-state index in [1.807, 2.05) is 13.0 Å². The fourth-order valence-electron chi connectivity index (χ4n) is 3.98. The van der Waals surface area contributed by atoms with Gasteiger partial charge in [0.2, 0.25) is 0 Å². The molecule has 1 saturated carbocycles. The molecule has 174 valence electrons. The van der Waals surface area contributed by atoms with E-state index in [4.69, 9.17) is 9.97 Å². The Morgan fingerprint density at radius 1 is 1.09 bits per heavy atom. The molecule has 3 aromatic rings. The zero-order chi connectivity index (χ0) is 22.9. The topological polar surface area (TPSA) is 66.4 Å². The molecule has 3 heterocycles. The summed E-state index contributed by atoms with van der Waals surface area (Å²) in [6.07, 6.45) is 4.02. The Kier molecular flexibility index (Phi) is 5.92. The van der Waals surface area contributed by atoms with Crippen molar-refractivity contribution in [1.29, 1.82) is 0 Å². The summed E-state index contributed by atoms with van der Waals surface area (Å²) in [4.78, 5) is 18.4. The van der Waals surface area contributed by atoms with E-state index in [0.29, 0.717) is 31.2 Å². The average molecular weight is 458 g/mol. The first kappa shape index (κ1) is 21.7. The van der Waals surface area contributed by atoms with Crippen molar-refractivity contribution in [3.05, 3.63) is 47.5 Å². The van der Waals surface area contributed by atoms with Crippen LogP contribution in [0.5, 0.6) is 5.75 Å². The number of piperazine rings is 1. The molecule has 0 amide bonds. The second-order valence-electron chi connectivity index (χ2n) is 8.52. The summed E-state index contributed by atoms with van der Waals surface area (Å²) in [6.45, 7) is 2.23. The van der Waals surface area contributed by atoms with Crippen molar-refractivity contribution in [3.8, 4) is 5.75 Å². The third kappa shape index (κ3) is 5.11. The molecule has 1 aliphatic carbocycles. The normalized spacial score (nSPS) is 17.1. The van der Waals surface area contributed by atoms with Crippen LogP contribution in [-0.2, 0) is 6.54 Å². The van der Waals surface area contributed by atoms with E-state index in [1.54, 1.807) is 6.20 Å². The number of nitrogens with zero attached hydrogens (tertiary/aromatic N) is 5. The van der Waals surface area contributed by atoms with E-state index in [0.717, 1.165) is 60.4 Å². The maximum absolute atomic E-state index is 14.4.